The predicted molar refractivity (Wildman–Crippen MR) is 150 cm³/mol. The molecule has 40 heavy (non-hydrogen) atoms. The van der Waals surface area contributed by atoms with Crippen LogP contribution in [0.15, 0.2) is 66.7 Å². The normalized spacial score (nSPS) is 33.0. The predicted octanol–water partition coefficient (Wildman–Crippen LogP) is 4.24. The van der Waals surface area contributed by atoms with E-state index in [4.69, 9.17) is 9.47 Å². The molecular weight excluding hydrogens is 506 g/mol. The van der Waals surface area contributed by atoms with Crippen molar-refractivity contribution in [3.8, 4) is 5.75 Å². The zero-order chi connectivity index (χ0) is 28.0. The van der Waals surface area contributed by atoms with Crippen LogP contribution in [0.25, 0.3) is 0 Å². The number of hydrogen-bond donors (Lipinski definition) is 2. The van der Waals surface area contributed by atoms with Gasteiger partial charge in [0.05, 0.1) is 31.1 Å². The van der Waals surface area contributed by atoms with Gasteiger partial charge in [0.15, 0.2) is 0 Å². The summed E-state index contributed by atoms with van der Waals surface area (Å²) < 4.78 is 11.8. The van der Waals surface area contributed by atoms with E-state index in [0.29, 0.717) is 17.4 Å². The van der Waals surface area contributed by atoms with E-state index in [0.717, 1.165) is 31.2 Å². The molecule has 0 unspecified atom stereocenters. The summed E-state index contributed by atoms with van der Waals surface area (Å²) in [6.45, 7) is 4.11. The fourth-order valence-corrected chi connectivity index (χ4v) is 7.23. The number of ether oxygens (including phenoxy) is 2. The highest BCUT2D eigenvalue weighted by Crippen LogP contribution is 2.56. The Hall–Kier alpha value is -3.65. The highest BCUT2D eigenvalue weighted by Gasteiger charge is 2.73. The van der Waals surface area contributed by atoms with Crippen LogP contribution < -0.4 is 15.4 Å². The lowest BCUT2D eigenvalue weighted by Crippen LogP contribution is -2.57. The number of hydrogen-bond acceptors (Lipinski definition) is 5. The first-order valence-electron chi connectivity index (χ1n) is 14.3. The first kappa shape index (κ1) is 26.6. The number of anilines is 1. The van der Waals surface area contributed by atoms with Crippen molar-refractivity contribution in [2.75, 3.05) is 12.4 Å². The van der Waals surface area contributed by atoms with Crippen molar-refractivity contribution in [3.05, 3.63) is 72.3 Å². The van der Waals surface area contributed by atoms with E-state index in [9.17, 15) is 14.4 Å². The molecular formula is C32H37N3O5. The summed E-state index contributed by atoms with van der Waals surface area (Å²) in [5, 5.41) is 6.25. The number of methoxy groups -OCH3 is 1. The fourth-order valence-electron chi connectivity index (χ4n) is 7.23. The van der Waals surface area contributed by atoms with E-state index in [1.54, 1.807) is 36.3 Å². The maximum Gasteiger partial charge on any atom is 0.246 e. The maximum atomic E-state index is 14.4. The third kappa shape index (κ3) is 4.29. The number of carbonyl (C=O) groups excluding carboxylic acids is 3. The SMILES string of the molecule is COc1cccc(NC(=O)[C@@H]2[C@@H]3C=C[C@]4(O3)[C@@H]2C(=O)N([C@@H](C)c2ccccc2)[C@H]4C(=O)N[C@@H]2CCCC[C@@H]2C)c1. The van der Waals surface area contributed by atoms with Crippen LogP contribution in [0.2, 0.25) is 0 Å². The molecule has 3 heterocycles. The number of nitrogens with one attached hydrogen (secondary N) is 2. The second-order valence-corrected chi connectivity index (χ2v) is 11.6. The molecule has 1 spiro atoms. The van der Waals surface area contributed by atoms with Crippen LogP contribution in [0.4, 0.5) is 5.69 Å². The van der Waals surface area contributed by atoms with Gasteiger partial charge in [-0.3, -0.25) is 14.4 Å². The van der Waals surface area contributed by atoms with Gasteiger partial charge in [0, 0.05) is 17.8 Å². The van der Waals surface area contributed by atoms with Crippen LogP contribution in [-0.4, -0.2) is 53.5 Å². The van der Waals surface area contributed by atoms with Gasteiger partial charge in [0.25, 0.3) is 0 Å². The fraction of sp³-hybridized carbons (Fsp3) is 0.469. The summed E-state index contributed by atoms with van der Waals surface area (Å²) in [6, 6.07) is 15.6. The van der Waals surface area contributed by atoms with Crippen LogP contribution in [0.1, 0.15) is 51.1 Å². The standard InChI is InChI=1S/C32H37N3O5/c1-19-10-7-8-15-24(19)34-30(37)28-32-17-16-25(40-32)26(29(36)33-22-13-9-14-23(18-22)39-3)27(32)31(38)35(28)20(2)21-11-5-4-6-12-21/h4-6,9,11-14,16-20,24-28H,7-8,10,15H2,1-3H3,(H,33,36)(H,34,37)/t19-,20-,24+,25-,26+,27-,28-,32-/m0/s1. The monoisotopic (exact) mass is 543 g/mol. The summed E-state index contributed by atoms with van der Waals surface area (Å²) in [5.74, 6) is -1.34. The zero-order valence-electron chi connectivity index (χ0n) is 23.2. The summed E-state index contributed by atoms with van der Waals surface area (Å²) in [4.78, 5) is 43.9. The Bertz CT molecular complexity index is 1330. The number of amides is 3. The quantitative estimate of drug-likeness (QED) is 0.510. The molecule has 3 aliphatic heterocycles. The Kier molecular flexibility index (Phi) is 6.90. The number of nitrogens with zero attached hydrogens (tertiary/aromatic N) is 1. The maximum absolute atomic E-state index is 14.4. The molecule has 1 saturated carbocycles. The van der Waals surface area contributed by atoms with E-state index < -0.39 is 29.6 Å². The minimum atomic E-state index is -1.21. The van der Waals surface area contributed by atoms with Crippen molar-refractivity contribution in [3.63, 3.8) is 0 Å². The summed E-state index contributed by atoms with van der Waals surface area (Å²) in [5.41, 5.74) is 0.293. The van der Waals surface area contributed by atoms with Crippen molar-refractivity contribution in [2.45, 2.75) is 69.4 Å². The molecule has 2 bridgehead atoms. The number of likely N-dealkylation sites (tertiary alicyclic amines) is 1. The van der Waals surface area contributed by atoms with Gasteiger partial charge in [-0.1, -0.05) is 68.3 Å². The van der Waals surface area contributed by atoms with E-state index in [-0.39, 0.29) is 29.8 Å². The van der Waals surface area contributed by atoms with Crippen LogP contribution >= 0.6 is 0 Å². The summed E-state index contributed by atoms with van der Waals surface area (Å²) >= 11 is 0. The minimum absolute atomic E-state index is 0.0513. The number of fused-ring (bicyclic) bond motifs is 1. The van der Waals surface area contributed by atoms with Crippen molar-refractivity contribution in [1.82, 2.24) is 10.2 Å². The highest BCUT2D eigenvalue weighted by molar-refractivity contribution is 6.03. The number of carbonyl (C=O) groups is 3. The van der Waals surface area contributed by atoms with Gasteiger partial charge in [0.2, 0.25) is 17.7 Å². The third-order valence-electron chi connectivity index (χ3n) is 9.34. The van der Waals surface area contributed by atoms with E-state index in [1.807, 2.05) is 49.4 Å². The number of rotatable bonds is 7. The molecule has 6 rings (SSSR count). The van der Waals surface area contributed by atoms with Crippen LogP contribution in [0, 0.1) is 17.8 Å². The molecule has 8 nitrogen and oxygen atoms in total. The molecule has 2 saturated heterocycles. The lowest BCUT2D eigenvalue weighted by molar-refractivity contribution is -0.144. The number of benzene rings is 2. The Labute approximate surface area is 235 Å². The summed E-state index contributed by atoms with van der Waals surface area (Å²) in [7, 11) is 1.57. The highest BCUT2D eigenvalue weighted by atomic mass is 16.5. The lowest BCUT2D eigenvalue weighted by Gasteiger charge is -2.38. The molecule has 210 valence electrons. The van der Waals surface area contributed by atoms with Crippen molar-refractivity contribution in [2.24, 2.45) is 17.8 Å². The molecule has 2 aromatic carbocycles. The van der Waals surface area contributed by atoms with Crippen LogP contribution in [0.5, 0.6) is 5.75 Å². The molecule has 2 N–H and O–H groups in total. The van der Waals surface area contributed by atoms with E-state index in [1.165, 1.54) is 0 Å². The second kappa shape index (κ2) is 10.4. The largest absolute Gasteiger partial charge is 0.497 e. The molecule has 3 fully saturated rings. The summed E-state index contributed by atoms with van der Waals surface area (Å²) in [6.07, 6.45) is 7.35. The van der Waals surface area contributed by atoms with Gasteiger partial charge in [-0.05, 0) is 43.4 Å². The van der Waals surface area contributed by atoms with Gasteiger partial charge in [-0.15, -0.1) is 0 Å². The first-order valence-corrected chi connectivity index (χ1v) is 14.3. The third-order valence-corrected chi connectivity index (χ3v) is 9.34. The topological polar surface area (TPSA) is 97.0 Å². The van der Waals surface area contributed by atoms with Crippen LogP contribution in [0.3, 0.4) is 0 Å². The molecule has 1 aliphatic carbocycles. The molecule has 0 radical (unpaired) electrons. The molecule has 0 aromatic heterocycles. The van der Waals surface area contributed by atoms with E-state index in [2.05, 4.69) is 17.6 Å². The molecule has 3 amide bonds. The van der Waals surface area contributed by atoms with Crippen molar-refractivity contribution >= 4 is 23.4 Å². The van der Waals surface area contributed by atoms with Gasteiger partial charge in [0.1, 0.15) is 17.4 Å². The smallest absolute Gasteiger partial charge is 0.246 e. The van der Waals surface area contributed by atoms with Gasteiger partial charge < -0.3 is 25.0 Å². The zero-order valence-corrected chi connectivity index (χ0v) is 23.2. The van der Waals surface area contributed by atoms with Gasteiger partial charge in [-0.25, -0.2) is 0 Å². The van der Waals surface area contributed by atoms with Crippen molar-refractivity contribution in [1.29, 1.82) is 0 Å². The minimum Gasteiger partial charge on any atom is -0.497 e. The first-order chi connectivity index (χ1) is 19.3. The second-order valence-electron chi connectivity index (χ2n) is 11.6. The molecule has 8 heteroatoms. The molecule has 2 aromatic rings. The molecule has 4 aliphatic rings. The molecule has 8 atom stereocenters. The van der Waals surface area contributed by atoms with Crippen LogP contribution in [-0.2, 0) is 19.1 Å². The Morgan fingerprint density at radius 3 is 2.60 bits per heavy atom. The van der Waals surface area contributed by atoms with Gasteiger partial charge in [-0.2, -0.15) is 0 Å². The Morgan fingerprint density at radius 1 is 1.07 bits per heavy atom. The Balaban J connectivity index is 1.35. The van der Waals surface area contributed by atoms with Gasteiger partial charge >= 0.3 is 0 Å². The van der Waals surface area contributed by atoms with E-state index >= 15 is 0 Å². The lowest BCUT2D eigenvalue weighted by atomic mass is 9.74. The van der Waals surface area contributed by atoms with Crippen molar-refractivity contribution < 1.29 is 23.9 Å². The average molecular weight is 544 g/mol. The average Bonchev–Trinajstić information content (AvgIpc) is 3.61. The Morgan fingerprint density at radius 2 is 1.85 bits per heavy atom.